The Morgan fingerprint density at radius 3 is 2.41 bits per heavy atom. The number of rotatable bonds is 4. The van der Waals surface area contributed by atoms with E-state index in [1.807, 2.05) is 77.8 Å². The molecule has 1 aliphatic rings. The summed E-state index contributed by atoms with van der Waals surface area (Å²) in [4.78, 5) is 8.10. The van der Waals surface area contributed by atoms with Crippen LogP contribution in [0.1, 0.15) is 36.0 Å². The van der Waals surface area contributed by atoms with Crippen molar-refractivity contribution in [2.24, 2.45) is 0 Å². The zero-order valence-electron chi connectivity index (χ0n) is 30.3. The van der Waals surface area contributed by atoms with Crippen molar-refractivity contribution in [1.29, 1.82) is 0 Å². The molecule has 0 unspecified atom stereocenters. The predicted molar refractivity (Wildman–Crippen MR) is 195 cm³/mol. The molecule has 1 aliphatic heterocycles. The first kappa shape index (κ1) is 27.8. The van der Waals surface area contributed by atoms with Gasteiger partial charge in [-0.1, -0.05) is 68.8 Å². The van der Waals surface area contributed by atoms with Gasteiger partial charge in [-0.3, -0.25) is 0 Å². The van der Waals surface area contributed by atoms with E-state index >= 15 is 0 Å². The SMILES string of the molecule is [2H]C([2H])([2H])N1[CH-]N(c2[c-]c(Oc3[c-]c4c(cc3)c3ccccc3n4-c3cc4oc5cc(C)ccc5c4cn3)cc(C(C)(C)C)c2)c2ccccc21.[Pt]. The molecule has 9 rings (SSSR count). The van der Waals surface area contributed by atoms with Crippen LogP contribution in [0.5, 0.6) is 11.5 Å². The van der Waals surface area contributed by atoms with Crippen molar-refractivity contribution in [3.05, 3.63) is 133 Å². The van der Waals surface area contributed by atoms with Gasteiger partial charge in [0.15, 0.2) is 0 Å². The minimum atomic E-state index is -2.35. The summed E-state index contributed by atoms with van der Waals surface area (Å²) in [5.41, 5.74) is 7.35. The largest absolute Gasteiger partial charge is 0.509 e. The third-order valence-corrected chi connectivity index (χ3v) is 9.09. The molecule has 0 radical (unpaired) electrons. The van der Waals surface area contributed by atoms with Gasteiger partial charge in [0.25, 0.3) is 0 Å². The summed E-state index contributed by atoms with van der Waals surface area (Å²) in [7, 11) is 0. The van der Waals surface area contributed by atoms with E-state index in [0.29, 0.717) is 28.7 Å². The van der Waals surface area contributed by atoms with E-state index in [0.717, 1.165) is 60.6 Å². The minimum absolute atomic E-state index is 0. The predicted octanol–water partition coefficient (Wildman–Crippen LogP) is 10.8. The van der Waals surface area contributed by atoms with Crippen LogP contribution in [0.15, 0.2) is 108 Å². The van der Waals surface area contributed by atoms with Crippen molar-refractivity contribution in [3.8, 4) is 17.3 Å². The molecule has 8 aromatic rings. The molecule has 3 aromatic heterocycles. The van der Waals surface area contributed by atoms with Crippen LogP contribution in [-0.2, 0) is 26.5 Å². The van der Waals surface area contributed by atoms with Crippen LogP contribution in [0.3, 0.4) is 0 Å². The quantitative estimate of drug-likeness (QED) is 0.166. The van der Waals surface area contributed by atoms with Gasteiger partial charge in [-0.2, -0.15) is 12.7 Å². The van der Waals surface area contributed by atoms with Gasteiger partial charge in [0.05, 0.1) is 0 Å². The Morgan fingerprint density at radius 2 is 1.57 bits per heavy atom. The van der Waals surface area contributed by atoms with Gasteiger partial charge in [0.2, 0.25) is 0 Å². The number of nitrogens with zero attached hydrogens (tertiary/aromatic N) is 4. The number of furan rings is 1. The minimum Gasteiger partial charge on any atom is -0.509 e. The average molecular weight is 824 g/mol. The summed E-state index contributed by atoms with van der Waals surface area (Å²) < 4.78 is 39.4. The molecule has 0 bridgehead atoms. The Labute approximate surface area is 304 Å². The van der Waals surface area contributed by atoms with Crippen molar-refractivity contribution in [2.45, 2.75) is 33.1 Å². The second kappa shape index (κ2) is 11.5. The van der Waals surface area contributed by atoms with E-state index in [-0.39, 0.29) is 26.5 Å². The summed E-state index contributed by atoms with van der Waals surface area (Å²) in [5.74, 6) is 1.71. The number of fused-ring (bicyclic) bond motifs is 7. The monoisotopic (exact) mass is 823 g/mol. The van der Waals surface area contributed by atoms with Gasteiger partial charge >= 0.3 is 0 Å². The van der Waals surface area contributed by atoms with Gasteiger partial charge in [-0.25, -0.2) is 4.98 Å². The Balaban J connectivity index is 0.00000387. The first-order valence-corrected chi connectivity index (χ1v) is 16.0. The third kappa shape index (κ3) is 5.17. The zero-order chi connectivity index (χ0) is 35.2. The van der Waals surface area contributed by atoms with E-state index in [1.165, 1.54) is 4.90 Å². The number of benzene rings is 5. The molecule has 0 atom stereocenters. The summed E-state index contributed by atoms with van der Waals surface area (Å²) >= 11 is 0. The van der Waals surface area contributed by atoms with Gasteiger partial charge in [-0.15, -0.1) is 47.0 Å². The number of para-hydroxylation sites is 3. The zero-order valence-corrected chi connectivity index (χ0v) is 29.6. The van der Waals surface area contributed by atoms with Gasteiger partial charge in [0.1, 0.15) is 17.0 Å². The van der Waals surface area contributed by atoms with Crippen molar-refractivity contribution in [2.75, 3.05) is 16.8 Å². The first-order valence-electron chi connectivity index (χ1n) is 17.5. The van der Waals surface area contributed by atoms with E-state index in [1.54, 1.807) is 6.67 Å². The maximum Gasteiger partial charge on any atom is 0.140 e. The number of aryl methyl sites for hydroxylation is 1. The normalized spacial score (nSPS) is 14.2. The van der Waals surface area contributed by atoms with E-state index in [4.69, 9.17) is 18.3 Å². The molecule has 0 N–H and O–H groups in total. The summed E-state index contributed by atoms with van der Waals surface area (Å²) in [5, 5.41) is 4.09. The molecule has 246 valence electrons. The Morgan fingerprint density at radius 1 is 0.796 bits per heavy atom. The van der Waals surface area contributed by atoms with Crippen LogP contribution in [0.2, 0.25) is 0 Å². The second-order valence-corrected chi connectivity index (χ2v) is 13.4. The summed E-state index contributed by atoms with van der Waals surface area (Å²) in [6, 6.07) is 38.9. The van der Waals surface area contributed by atoms with E-state index < -0.39 is 6.98 Å². The number of hydrogen-bond acceptors (Lipinski definition) is 5. The molecular weight excluding hydrogens is 788 g/mol. The Kier molecular flexibility index (Phi) is 6.55. The van der Waals surface area contributed by atoms with Gasteiger partial charge in [-0.05, 0) is 54.5 Å². The fourth-order valence-corrected chi connectivity index (χ4v) is 6.63. The molecule has 0 spiro atoms. The fourth-order valence-electron chi connectivity index (χ4n) is 6.63. The number of hydrogen-bond donors (Lipinski definition) is 0. The van der Waals surface area contributed by atoms with Crippen LogP contribution in [-0.4, -0.2) is 16.5 Å². The van der Waals surface area contributed by atoms with Crippen LogP contribution in [0.4, 0.5) is 17.1 Å². The van der Waals surface area contributed by atoms with Crippen LogP contribution in [0.25, 0.3) is 49.6 Å². The number of ether oxygens (including phenoxy) is 1. The topological polar surface area (TPSA) is 46.7 Å². The molecule has 49 heavy (non-hydrogen) atoms. The van der Waals surface area contributed by atoms with Crippen molar-refractivity contribution in [1.82, 2.24) is 9.55 Å². The summed E-state index contributed by atoms with van der Waals surface area (Å²) in [6.07, 6.45) is 1.88. The standard InChI is InChI=1S/C42H33N4O2.Pt/c1-26-14-16-33-34-24-43-41(23-40(34)48-39(33)18-26)46-35-11-7-6-10-31(35)32-17-15-29(22-38(32)46)47-30-20-27(42(2,3)4)19-28(21-30)45-25-44(5)36-12-8-9-13-37(36)45;/h6-20,23-25H,1-5H3;/q-3;/i5D3;. The van der Waals surface area contributed by atoms with Crippen molar-refractivity contribution < 1.29 is 34.3 Å². The third-order valence-electron chi connectivity index (χ3n) is 9.09. The molecule has 4 heterocycles. The van der Waals surface area contributed by atoms with E-state index in [9.17, 15) is 0 Å². The molecule has 0 saturated heterocycles. The maximum absolute atomic E-state index is 8.15. The van der Waals surface area contributed by atoms with Crippen molar-refractivity contribution in [3.63, 3.8) is 0 Å². The molecule has 0 amide bonds. The maximum atomic E-state index is 8.15. The van der Waals surface area contributed by atoms with Crippen LogP contribution < -0.4 is 14.5 Å². The molecule has 0 fully saturated rings. The first-order chi connectivity index (χ1) is 24.4. The van der Waals surface area contributed by atoms with E-state index in [2.05, 4.69) is 74.7 Å². The molecule has 5 aromatic carbocycles. The second-order valence-electron chi connectivity index (χ2n) is 13.4. The summed E-state index contributed by atoms with van der Waals surface area (Å²) in [6.45, 7) is 7.72. The average Bonchev–Trinajstić information content (AvgIpc) is 3.76. The molecular formula is C42H33N4O2Pt-3. The van der Waals surface area contributed by atoms with Crippen molar-refractivity contribution >= 4 is 60.8 Å². The molecule has 0 saturated carbocycles. The molecule has 7 heteroatoms. The number of aromatic nitrogens is 2. The Bertz CT molecular complexity index is 2670. The molecule has 6 nitrogen and oxygen atoms in total. The van der Waals surface area contributed by atoms with Crippen LogP contribution >= 0.6 is 0 Å². The van der Waals surface area contributed by atoms with Crippen LogP contribution in [0, 0.1) is 25.7 Å². The fraction of sp³-hybridized carbons (Fsp3) is 0.143. The molecule has 0 aliphatic carbocycles. The Hall–Kier alpha value is -5.06. The smallest absolute Gasteiger partial charge is 0.140 e. The number of pyridine rings is 1. The van der Waals surface area contributed by atoms with Gasteiger partial charge in [0, 0.05) is 76.6 Å². The van der Waals surface area contributed by atoms with Gasteiger partial charge < -0.3 is 23.5 Å². The number of anilines is 3.